The Morgan fingerprint density at radius 3 is 2.32 bits per heavy atom. The standard InChI is InChI=1S/C17H19NO7S3/c1-25-14-5-2-4-13(10-14)18-28(23,24)16-7-3-6-15(11-16)27(21,22)17-8-9-26(19,20)12-17/h2-7,10-11,17-18H,8-9,12H2,1H3/t17-/m0/s1. The number of nitrogens with one attached hydrogen (secondary N) is 1. The van der Waals surface area contributed by atoms with Crippen molar-refractivity contribution in [2.45, 2.75) is 21.5 Å². The molecule has 1 heterocycles. The minimum absolute atomic E-state index is 0.00367. The van der Waals surface area contributed by atoms with Gasteiger partial charge < -0.3 is 4.74 Å². The molecule has 28 heavy (non-hydrogen) atoms. The van der Waals surface area contributed by atoms with E-state index in [1.54, 1.807) is 12.1 Å². The van der Waals surface area contributed by atoms with E-state index >= 15 is 0 Å². The molecule has 1 aliphatic heterocycles. The fourth-order valence-electron chi connectivity index (χ4n) is 2.92. The first-order valence-corrected chi connectivity index (χ1v) is 13.1. The molecule has 0 radical (unpaired) electrons. The van der Waals surface area contributed by atoms with Crippen LogP contribution in [0.4, 0.5) is 5.69 Å². The number of hydrogen-bond acceptors (Lipinski definition) is 7. The smallest absolute Gasteiger partial charge is 0.261 e. The van der Waals surface area contributed by atoms with Crippen molar-refractivity contribution in [2.75, 3.05) is 23.3 Å². The lowest BCUT2D eigenvalue weighted by atomic mass is 10.3. The highest BCUT2D eigenvalue weighted by Crippen LogP contribution is 2.27. The number of benzene rings is 2. The Hall–Kier alpha value is -2.11. The number of methoxy groups -OCH3 is 1. The Balaban J connectivity index is 1.92. The molecule has 1 N–H and O–H groups in total. The van der Waals surface area contributed by atoms with Gasteiger partial charge in [-0.25, -0.2) is 25.3 Å². The second kappa shape index (κ2) is 7.37. The van der Waals surface area contributed by atoms with E-state index < -0.39 is 40.7 Å². The van der Waals surface area contributed by atoms with Gasteiger partial charge in [0.25, 0.3) is 10.0 Å². The normalized spacial score (nSPS) is 19.2. The van der Waals surface area contributed by atoms with E-state index in [2.05, 4.69) is 4.72 Å². The number of rotatable bonds is 6. The van der Waals surface area contributed by atoms with Crippen LogP contribution in [0.3, 0.4) is 0 Å². The molecule has 2 aromatic carbocycles. The number of hydrogen-bond donors (Lipinski definition) is 1. The third-order valence-corrected chi connectivity index (χ3v) is 9.94. The lowest BCUT2D eigenvalue weighted by Crippen LogP contribution is -2.23. The molecule has 1 saturated heterocycles. The largest absolute Gasteiger partial charge is 0.497 e. The number of ether oxygens (including phenoxy) is 1. The van der Waals surface area contributed by atoms with Gasteiger partial charge in [-0.2, -0.15) is 0 Å². The maximum absolute atomic E-state index is 12.7. The van der Waals surface area contributed by atoms with Gasteiger partial charge in [0, 0.05) is 6.07 Å². The quantitative estimate of drug-likeness (QED) is 0.714. The lowest BCUT2D eigenvalue weighted by Gasteiger charge is -2.13. The number of anilines is 1. The second-order valence-corrected chi connectivity index (χ2v) is 12.5. The highest BCUT2D eigenvalue weighted by atomic mass is 32.2. The second-order valence-electron chi connectivity index (χ2n) is 6.38. The summed E-state index contributed by atoms with van der Waals surface area (Å²) in [6.07, 6.45) is 0.00367. The van der Waals surface area contributed by atoms with E-state index in [-0.39, 0.29) is 27.7 Å². The molecule has 2 aromatic rings. The van der Waals surface area contributed by atoms with E-state index in [4.69, 9.17) is 4.74 Å². The lowest BCUT2D eigenvalue weighted by molar-refractivity contribution is 0.415. The summed E-state index contributed by atoms with van der Waals surface area (Å²) in [6, 6.07) is 11.2. The molecule has 0 unspecified atom stereocenters. The summed E-state index contributed by atoms with van der Waals surface area (Å²) in [7, 11) is -9.97. The number of sulfone groups is 2. The first-order chi connectivity index (χ1) is 13.0. The first-order valence-electron chi connectivity index (χ1n) is 8.25. The molecule has 1 atom stereocenters. The van der Waals surface area contributed by atoms with Gasteiger partial charge in [-0.05, 0) is 36.8 Å². The monoisotopic (exact) mass is 445 g/mol. The molecule has 152 valence electrons. The van der Waals surface area contributed by atoms with Gasteiger partial charge in [0.1, 0.15) is 5.75 Å². The molecule has 0 aromatic heterocycles. The molecule has 1 aliphatic rings. The van der Waals surface area contributed by atoms with Crippen LogP contribution in [0.25, 0.3) is 0 Å². The van der Waals surface area contributed by atoms with Crippen molar-refractivity contribution >= 4 is 35.4 Å². The first kappa shape index (κ1) is 20.6. The van der Waals surface area contributed by atoms with Crippen molar-refractivity contribution in [3.05, 3.63) is 48.5 Å². The summed E-state index contributed by atoms with van der Waals surface area (Å²) in [5, 5.41) is -1.07. The summed E-state index contributed by atoms with van der Waals surface area (Å²) in [5.41, 5.74) is 0.259. The van der Waals surface area contributed by atoms with E-state index in [0.717, 1.165) is 6.07 Å². The summed E-state index contributed by atoms with van der Waals surface area (Å²) >= 11 is 0. The molecule has 0 spiro atoms. The fraction of sp³-hybridized carbons (Fsp3) is 0.294. The Kier molecular flexibility index (Phi) is 5.43. The molecule has 0 aliphatic carbocycles. The van der Waals surface area contributed by atoms with E-state index in [1.807, 2.05) is 0 Å². The summed E-state index contributed by atoms with van der Waals surface area (Å²) in [6.45, 7) is 0. The summed E-state index contributed by atoms with van der Waals surface area (Å²) < 4.78 is 81.5. The SMILES string of the molecule is COc1cccc(NS(=O)(=O)c2cccc(S(=O)(=O)[C@H]3CCS(=O)(=O)C3)c2)c1. The molecule has 0 amide bonds. The molecule has 1 fully saturated rings. The zero-order valence-corrected chi connectivity index (χ0v) is 17.3. The van der Waals surface area contributed by atoms with Crippen LogP contribution in [-0.2, 0) is 29.7 Å². The Morgan fingerprint density at radius 2 is 1.68 bits per heavy atom. The van der Waals surface area contributed by atoms with Gasteiger partial charge in [0.15, 0.2) is 19.7 Å². The van der Waals surface area contributed by atoms with Gasteiger partial charge in [0.2, 0.25) is 0 Å². The Labute approximate surface area is 164 Å². The van der Waals surface area contributed by atoms with Crippen molar-refractivity contribution in [3.8, 4) is 5.75 Å². The average Bonchev–Trinajstić information content (AvgIpc) is 3.02. The zero-order valence-electron chi connectivity index (χ0n) is 14.9. The Bertz CT molecular complexity index is 1200. The third-order valence-electron chi connectivity index (χ3n) is 4.40. The van der Waals surface area contributed by atoms with Crippen LogP contribution in [0.1, 0.15) is 6.42 Å². The van der Waals surface area contributed by atoms with Crippen LogP contribution in [0.2, 0.25) is 0 Å². The zero-order chi connectivity index (χ0) is 20.6. The topological polar surface area (TPSA) is 124 Å². The fourth-order valence-corrected chi connectivity index (χ4v) is 8.49. The minimum atomic E-state index is -4.06. The van der Waals surface area contributed by atoms with Crippen LogP contribution in [0, 0.1) is 0 Å². The van der Waals surface area contributed by atoms with E-state index in [9.17, 15) is 25.3 Å². The van der Waals surface area contributed by atoms with Crippen LogP contribution in [0.15, 0.2) is 58.3 Å². The maximum Gasteiger partial charge on any atom is 0.261 e. The van der Waals surface area contributed by atoms with Gasteiger partial charge in [-0.1, -0.05) is 12.1 Å². The maximum atomic E-state index is 12.7. The minimum Gasteiger partial charge on any atom is -0.497 e. The molecule has 11 heteroatoms. The van der Waals surface area contributed by atoms with Crippen molar-refractivity contribution < 1.29 is 30.0 Å². The average molecular weight is 446 g/mol. The van der Waals surface area contributed by atoms with Gasteiger partial charge >= 0.3 is 0 Å². The van der Waals surface area contributed by atoms with E-state index in [0.29, 0.717) is 5.75 Å². The molecular formula is C17H19NO7S3. The van der Waals surface area contributed by atoms with Crippen LogP contribution >= 0.6 is 0 Å². The highest BCUT2D eigenvalue weighted by Gasteiger charge is 2.38. The van der Waals surface area contributed by atoms with Crippen molar-refractivity contribution in [1.82, 2.24) is 0 Å². The molecule has 0 bridgehead atoms. The Morgan fingerprint density at radius 1 is 1.00 bits per heavy atom. The van der Waals surface area contributed by atoms with Crippen molar-refractivity contribution in [2.24, 2.45) is 0 Å². The van der Waals surface area contributed by atoms with Crippen LogP contribution < -0.4 is 9.46 Å². The van der Waals surface area contributed by atoms with Gasteiger partial charge in [0.05, 0.1) is 39.3 Å². The molecule has 3 rings (SSSR count). The third kappa shape index (κ3) is 4.31. The predicted molar refractivity (Wildman–Crippen MR) is 104 cm³/mol. The van der Waals surface area contributed by atoms with Crippen molar-refractivity contribution in [1.29, 1.82) is 0 Å². The van der Waals surface area contributed by atoms with E-state index in [1.165, 1.54) is 37.4 Å². The summed E-state index contributed by atoms with van der Waals surface area (Å²) in [5.74, 6) is -0.181. The molecule has 0 saturated carbocycles. The van der Waals surface area contributed by atoms with Gasteiger partial charge in [-0.3, -0.25) is 4.72 Å². The molecular weight excluding hydrogens is 426 g/mol. The molecule has 8 nitrogen and oxygen atoms in total. The van der Waals surface area contributed by atoms with Gasteiger partial charge in [-0.15, -0.1) is 0 Å². The predicted octanol–water partition coefficient (Wildman–Crippen LogP) is 1.46. The van der Waals surface area contributed by atoms with Crippen LogP contribution in [0.5, 0.6) is 5.75 Å². The highest BCUT2D eigenvalue weighted by molar-refractivity contribution is 7.96. The van der Waals surface area contributed by atoms with Crippen molar-refractivity contribution in [3.63, 3.8) is 0 Å². The van der Waals surface area contributed by atoms with Crippen LogP contribution in [-0.4, -0.2) is 49.1 Å². The number of sulfonamides is 1. The summed E-state index contributed by atoms with van der Waals surface area (Å²) in [4.78, 5) is -0.458.